The highest BCUT2D eigenvalue weighted by atomic mass is 16.6. The molecule has 96 valence electrons. The van der Waals surface area contributed by atoms with Gasteiger partial charge in [-0.05, 0) is 0 Å². The molecule has 0 saturated heterocycles. The van der Waals surface area contributed by atoms with E-state index < -0.39 is 32.8 Å². The Morgan fingerprint density at radius 2 is 1.78 bits per heavy atom. The maximum atomic E-state index is 10.8. The fraction of sp³-hybridized carbons (Fsp3) is 0.125. The summed E-state index contributed by atoms with van der Waals surface area (Å²) in [6.45, 7) is 0. The van der Waals surface area contributed by atoms with Crippen molar-refractivity contribution in [1.29, 1.82) is 0 Å². The van der Waals surface area contributed by atoms with Gasteiger partial charge in [0.05, 0.1) is 17.0 Å². The molecule has 0 heterocycles. The summed E-state index contributed by atoms with van der Waals surface area (Å²) < 4.78 is 4.64. The van der Waals surface area contributed by atoms with Crippen LogP contribution in [0.3, 0.4) is 0 Å². The lowest BCUT2D eigenvalue weighted by atomic mass is 10.1. The van der Waals surface area contributed by atoms with Crippen molar-refractivity contribution in [1.82, 2.24) is 0 Å². The quantitative estimate of drug-likeness (QED) is 0.263. The van der Waals surface area contributed by atoms with Crippen LogP contribution in [0.5, 0.6) is 5.75 Å². The van der Waals surface area contributed by atoms with Crippen LogP contribution in [0.4, 0.5) is 11.4 Å². The predicted molar refractivity (Wildman–Crippen MR) is 58.8 cm³/mol. The summed E-state index contributed by atoms with van der Waals surface area (Å²) in [4.78, 5) is 19.8. The Labute approximate surface area is 99.6 Å². The average Bonchev–Trinajstić information content (AvgIpc) is 2.35. The van der Waals surface area contributed by atoms with Crippen molar-refractivity contribution in [2.75, 3.05) is 7.11 Å². The fourth-order valence-electron chi connectivity index (χ4n) is 1.28. The molecular weight excluding hydrogens is 248 g/mol. The van der Waals surface area contributed by atoms with Crippen LogP contribution in [0, 0.1) is 20.2 Å². The van der Waals surface area contributed by atoms with Crippen molar-refractivity contribution in [2.24, 2.45) is 10.9 Å². The second-order valence-electron chi connectivity index (χ2n) is 3.05. The summed E-state index contributed by atoms with van der Waals surface area (Å²) in [7, 11) is 1.07. The van der Waals surface area contributed by atoms with Crippen molar-refractivity contribution in [3.05, 3.63) is 37.9 Å². The lowest BCUT2D eigenvalue weighted by Gasteiger charge is -2.05. The standard InChI is InChI=1S/C8H8N4O6/c1-18-7-5(11(14)15)2-4(8(9)10-13)3-6(7)12(16)17/h2-3,13H,1H3,(H2,9,10). The van der Waals surface area contributed by atoms with Crippen molar-refractivity contribution in [3.63, 3.8) is 0 Å². The van der Waals surface area contributed by atoms with Crippen LogP contribution in [0.2, 0.25) is 0 Å². The number of nitrogens with zero attached hydrogens (tertiary/aromatic N) is 3. The molecule has 0 amide bonds. The van der Waals surface area contributed by atoms with Crippen LogP contribution in [0.1, 0.15) is 5.56 Å². The largest absolute Gasteiger partial charge is 0.485 e. The van der Waals surface area contributed by atoms with Gasteiger partial charge in [0.25, 0.3) is 5.75 Å². The molecule has 0 saturated carbocycles. The number of methoxy groups -OCH3 is 1. The summed E-state index contributed by atoms with van der Waals surface area (Å²) in [6, 6.07) is 1.84. The lowest BCUT2D eigenvalue weighted by Crippen LogP contribution is -2.14. The van der Waals surface area contributed by atoms with E-state index in [0.717, 1.165) is 19.2 Å². The van der Waals surface area contributed by atoms with E-state index in [0.29, 0.717) is 0 Å². The minimum atomic E-state index is -0.861. The van der Waals surface area contributed by atoms with Gasteiger partial charge in [-0.15, -0.1) is 0 Å². The predicted octanol–water partition coefficient (Wildman–Crippen LogP) is 0.606. The summed E-state index contributed by atoms with van der Waals surface area (Å²) in [5, 5.41) is 32.6. The summed E-state index contributed by atoms with van der Waals surface area (Å²) in [5.41, 5.74) is 3.79. The molecular formula is C8H8N4O6. The number of nitro benzene ring substituents is 2. The van der Waals surface area contributed by atoms with Gasteiger partial charge in [-0.1, -0.05) is 5.16 Å². The third-order valence-corrected chi connectivity index (χ3v) is 2.05. The van der Waals surface area contributed by atoms with Crippen LogP contribution in [0.25, 0.3) is 0 Å². The highest BCUT2D eigenvalue weighted by Gasteiger charge is 2.28. The van der Waals surface area contributed by atoms with Gasteiger partial charge in [-0.3, -0.25) is 20.2 Å². The Morgan fingerprint density at radius 1 is 1.33 bits per heavy atom. The number of amidine groups is 1. The lowest BCUT2D eigenvalue weighted by molar-refractivity contribution is -0.395. The fourth-order valence-corrected chi connectivity index (χ4v) is 1.28. The Hall–Kier alpha value is -2.91. The highest BCUT2D eigenvalue weighted by Crippen LogP contribution is 2.37. The van der Waals surface area contributed by atoms with E-state index >= 15 is 0 Å². The summed E-state index contributed by atoms with van der Waals surface area (Å²) in [5.74, 6) is -0.983. The molecule has 1 rings (SSSR count). The summed E-state index contributed by atoms with van der Waals surface area (Å²) >= 11 is 0. The first-order valence-corrected chi connectivity index (χ1v) is 4.41. The van der Waals surface area contributed by atoms with Crippen LogP contribution >= 0.6 is 0 Å². The van der Waals surface area contributed by atoms with Gasteiger partial charge in [0.2, 0.25) is 0 Å². The number of nitro groups is 2. The molecule has 10 heteroatoms. The van der Waals surface area contributed by atoms with Gasteiger partial charge in [-0.2, -0.15) is 0 Å². The highest BCUT2D eigenvalue weighted by molar-refractivity contribution is 5.98. The van der Waals surface area contributed by atoms with Gasteiger partial charge in [0, 0.05) is 17.7 Å². The molecule has 0 fully saturated rings. The number of nitrogens with two attached hydrogens (primary N) is 1. The second-order valence-corrected chi connectivity index (χ2v) is 3.05. The smallest absolute Gasteiger partial charge is 0.319 e. The third-order valence-electron chi connectivity index (χ3n) is 2.05. The second kappa shape index (κ2) is 4.95. The van der Waals surface area contributed by atoms with E-state index in [1.165, 1.54) is 0 Å². The SMILES string of the molecule is COc1c([N+](=O)[O-])cc(/C(N)=N/O)cc1[N+](=O)[O-]. The van der Waals surface area contributed by atoms with Crippen LogP contribution < -0.4 is 10.5 Å². The minimum Gasteiger partial charge on any atom is -0.485 e. The van der Waals surface area contributed by atoms with Gasteiger partial charge in [-0.25, -0.2) is 0 Å². The number of rotatable bonds is 4. The normalized spacial score (nSPS) is 11.1. The Balaban J connectivity index is 3.64. The first-order valence-electron chi connectivity index (χ1n) is 4.41. The van der Waals surface area contributed by atoms with Gasteiger partial charge >= 0.3 is 11.4 Å². The molecule has 18 heavy (non-hydrogen) atoms. The zero-order valence-corrected chi connectivity index (χ0v) is 9.06. The molecule has 0 unspecified atom stereocenters. The number of hydrogen-bond donors (Lipinski definition) is 2. The van der Waals surface area contributed by atoms with E-state index in [1.54, 1.807) is 0 Å². The number of hydrogen-bond acceptors (Lipinski definition) is 7. The molecule has 0 atom stereocenters. The Morgan fingerprint density at radius 3 is 2.06 bits per heavy atom. The third kappa shape index (κ3) is 2.26. The van der Waals surface area contributed by atoms with E-state index in [2.05, 4.69) is 9.89 Å². The molecule has 0 aliphatic heterocycles. The monoisotopic (exact) mass is 256 g/mol. The van der Waals surface area contributed by atoms with E-state index in [9.17, 15) is 20.2 Å². The molecule has 1 aromatic rings. The van der Waals surface area contributed by atoms with Gasteiger partial charge < -0.3 is 15.7 Å². The van der Waals surface area contributed by atoms with Crippen molar-refractivity contribution in [2.45, 2.75) is 0 Å². The summed E-state index contributed by atoms with van der Waals surface area (Å²) in [6.07, 6.45) is 0. The molecule has 1 aromatic carbocycles. The van der Waals surface area contributed by atoms with Crippen molar-refractivity contribution >= 4 is 17.2 Å². The molecule has 0 aliphatic carbocycles. The molecule has 10 nitrogen and oxygen atoms in total. The molecule has 0 spiro atoms. The van der Waals surface area contributed by atoms with Crippen molar-refractivity contribution in [3.8, 4) is 5.75 Å². The van der Waals surface area contributed by atoms with Gasteiger partial charge in [0.1, 0.15) is 0 Å². The average molecular weight is 256 g/mol. The minimum absolute atomic E-state index is 0.156. The zero-order valence-electron chi connectivity index (χ0n) is 9.06. The van der Waals surface area contributed by atoms with E-state index in [4.69, 9.17) is 10.9 Å². The van der Waals surface area contributed by atoms with Crippen molar-refractivity contribution < 1.29 is 19.8 Å². The molecule has 0 aliphatic rings. The topological polar surface area (TPSA) is 154 Å². The number of ether oxygens (including phenoxy) is 1. The molecule has 3 N–H and O–H groups in total. The Kier molecular flexibility index (Phi) is 3.62. The first kappa shape index (κ1) is 13.2. The van der Waals surface area contributed by atoms with Crippen LogP contribution in [-0.4, -0.2) is 28.0 Å². The number of benzene rings is 1. The van der Waals surface area contributed by atoms with E-state index in [-0.39, 0.29) is 5.56 Å². The molecule has 0 aromatic heterocycles. The van der Waals surface area contributed by atoms with Crippen LogP contribution in [0.15, 0.2) is 17.3 Å². The van der Waals surface area contributed by atoms with Gasteiger partial charge in [0.15, 0.2) is 5.84 Å². The van der Waals surface area contributed by atoms with E-state index in [1.807, 2.05) is 0 Å². The molecule has 0 bridgehead atoms. The number of oxime groups is 1. The Bertz CT molecular complexity index is 505. The maximum Gasteiger partial charge on any atom is 0.319 e. The zero-order chi connectivity index (χ0) is 13.9. The van der Waals surface area contributed by atoms with Crippen LogP contribution in [-0.2, 0) is 0 Å². The maximum absolute atomic E-state index is 10.8. The first-order chi connectivity index (χ1) is 8.42. The molecule has 0 radical (unpaired) electrons.